The molecule has 0 heterocycles. The summed E-state index contributed by atoms with van der Waals surface area (Å²) >= 11 is 1.95. The van der Waals surface area contributed by atoms with E-state index in [-0.39, 0.29) is 6.61 Å². The maximum Gasteiger partial charge on any atom is 0.174 e. The van der Waals surface area contributed by atoms with Crippen LogP contribution in [0.3, 0.4) is 0 Å². The van der Waals surface area contributed by atoms with Gasteiger partial charge in [-0.1, -0.05) is 19.1 Å². The predicted molar refractivity (Wildman–Crippen MR) is 76.9 cm³/mol. The van der Waals surface area contributed by atoms with E-state index in [0.29, 0.717) is 6.04 Å². The van der Waals surface area contributed by atoms with E-state index in [9.17, 15) is 0 Å². The molecule has 0 fully saturated rings. The van der Waals surface area contributed by atoms with Gasteiger partial charge in [0.15, 0.2) is 6.61 Å². The average Bonchev–Trinajstić information content (AvgIpc) is 2.41. The van der Waals surface area contributed by atoms with Gasteiger partial charge in [0, 0.05) is 18.3 Å². The second kappa shape index (κ2) is 8.84. The van der Waals surface area contributed by atoms with Crippen molar-refractivity contribution in [2.24, 2.45) is 0 Å². The Morgan fingerprint density at radius 3 is 2.72 bits per heavy atom. The molecule has 0 spiro atoms. The van der Waals surface area contributed by atoms with Crippen LogP contribution in [-0.4, -0.2) is 24.2 Å². The highest BCUT2D eigenvalue weighted by Crippen LogP contribution is 2.12. The summed E-state index contributed by atoms with van der Waals surface area (Å²) in [6.07, 6.45) is 0. The third kappa shape index (κ3) is 5.95. The normalized spacial score (nSPS) is 11.8. The Kier molecular flexibility index (Phi) is 7.31. The molecule has 1 aromatic rings. The third-order valence-corrected chi connectivity index (χ3v) is 3.60. The summed E-state index contributed by atoms with van der Waals surface area (Å²) in [7, 11) is 0. The van der Waals surface area contributed by atoms with Gasteiger partial charge in [-0.15, -0.1) is 0 Å². The van der Waals surface area contributed by atoms with Crippen molar-refractivity contribution in [2.45, 2.75) is 26.4 Å². The molecule has 0 amide bonds. The van der Waals surface area contributed by atoms with Gasteiger partial charge >= 0.3 is 0 Å². The van der Waals surface area contributed by atoms with Gasteiger partial charge in [0.1, 0.15) is 11.8 Å². The Labute approximate surface area is 114 Å². The zero-order chi connectivity index (χ0) is 13.2. The van der Waals surface area contributed by atoms with Crippen LogP contribution in [0.4, 0.5) is 0 Å². The predicted octanol–water partition coefficient (Wildman–Crippen LogP) is 2.82. The molecule has 0 saturated carbocycles. The summed E-state index contributed by atoms with van der Waals surface area (Å²) < 4.78 is 5.20. The van der Waals surface area contributed by atoms with Crippen LogP contribution < -0.4 is 10.1 Å². The fourth-order valence-corrected chi connectivity index (χ4v) is 2.17. The lowest BCUT2D eigenvalue weighted by Gasteiger charge is -2.13. The van der Waals surface area contributed by atoms with E-state index < -0.39 is 0 Å². The molecule has 0 aliphatic heterocycles. The minimum atomic E-state index is 0.100. The van der Waals surface area contributed by atoms with E-state index in [4.69, 9.17) is 10.00 Å². The van der Waals surface area contributed by atoms with Crippen molar-refractivity contribution in [3.8, 4) is 11.8 Å². The van der Waals surface area contributed by atoms with Gasteiger partial charge in [0.05, 0.1) is 0 Å². The fraction of sp³-hybridized carbons (Fsp3) is 0.500. The van der Waals surface area contributed by atoms with Crippen LogP contribution in [-0.2, 0) is 6.54 Å². The number of benzene rings is 1. The van der Waals surface area contributed by atoms with Crippen LogP contribution in [0.2, 0.25) is 0 Å². The van der Waals surface area contributed by atoms with Gasteiger partial charge in [-0.2, -0.15) is 17.0 Å². The van der Waals surface area contributed by atoms with Crippen molar-refractivity contribution in [1.82, 2.24) is 5.32 Å². The van der Waals surface area contributed by atoms with Crippen LogP contribution >= 0.6 is 11.8 Å². The van der Waals surface area contributed by atoms with E-state index in [0.717, 1.165) is 23.8 Å². The van der Waals surface area contributed by atoms with Crippen molar-refractivity contribution >= 4 is 11.8 Å². The van der Waals surface area contributed by atoms with Crippen molar-refractivity contribution in [3.63, 3.8) is 0 Å². The standard InChI is InChI=1S/C14H20N2OS/c1-3-18-11-12(2)16-10-13-4-6-14(7-5-13)17-9-8-15/h4-7,12,16H,3,9-11H2,1-2H3. The monoisotopic (exact) mass is 264 g/mol. The fourth-order valence-electron chi connectivity index (χ4n) is 1.46. The lowest BCUT2D eigenvalue weighted by molar-refractivity contribution is 0.368. The molecule has 1 atom stereocenters. The summed E-state index contributed by atoms with van der Waals surface area (Å²) in [6, 6.07) is 10.3. The topological polar surface area (TPSA) is 45.0 Å². The second-order valence-corrected chi connectivity index (χ2v) is 5.35. The molecule has 0 aliphatic carbocycles. The van der Waals surface area contributed by atoms with Crippen molar-refractivity contribution in [2.75, 3.05) is 18.1 Å². The van der Waals surface area contributed by atoms with Crippen LogP contribution in [0.1, 0.15) is 19.4 Å². The van der Waals surface area contributed by atoms with Crippen LogP contribution in [0.5, 0.6) is 5.75 Å². The smallest absolute Gasteiger partial charge is 0.174 e. The summed E-state index contributed by atoms with van der Waals surface area (Å²) in [5.74, 6) is 3.05. The van der Waals surface area contributed by atoms with Gasteiger partial charge in [-0.05, 0) is 30.4 Å². The number of hydrogen-bond donors (Lipinski definition) is 1. The Balaban J connectivity index is 2.32. The molecule has 1 rings (SSSR count). The molecule has 18 heavy (non-hydrogen) atoms. The molecular weight excluding hydrogens is 244 g/mol. The molecule has 0 aromatic heterocycles. The van der Waals surface area contributed by atoms with Crippen molar-refractivity contribution < 1.29 is 4.74 Å². The molecule has 0 aliphatic rings. The SMILES string of the molecule is CCSCC(C)NCc1ccc(OCC#N)cc1. The lowest BCUT2D eigenvalue weighted by atomic mass is 10.2. The van der Waals surface area contributed by atoms with Crippen molar-refractivity contribution in [1.29, 1.82) is 5.26 Å². The van der Waals surface area contributed by atoms with Crippen LogP contribution in [0.25, 0.3) is 0 Å². The Bertz CT molecular complexity index is 372. The average molecular weight is 264 g/mol. The van der Waals surface area contributed by atoms with Gasteiger partial charge in [0.25, 0.3) is 0 Å². The Morgan fingerprint density at radius 1 is 1.39 bits per heavy atom. The number of hydrogen-bond acceptors (Lipinski definition) is 4. The molecule has 1 aromatic carbocycles. The van der Waals surface area contributed by atoms with E-state index in [1.165, 1.54) is 5.56 Å². The highest BCUT2D eigenvalue weighted by molar-refractivity contribution is 7.99. The van der Waals surface area contributed by atoms with E-state index in [1.54, 1.807) is 0 Å². The summed E-state index contributed by atoms with van der Waals surface area (Å²) in [5, 5.41) is 11.9. The van der Waals surface area contributed by atoms with Crippen molar-refractivity contribution in [3.05, 3.63) is 29.8 Å². The first-order valence-electron chi connectivity index (χ1n) is 6.16. The molecule has 4 heteroatoms. The molecule has 1 N–H and O–H groups in total. The largest absolute Gasteiger partial charge is 0.479 e. The molecule has 1 unspecified atom stereocenters. The maximum atomic E-state index is 8.41. The first-order valence-corrected chi connectivity index (χ1v) is 7.31. The quantitative estimate of drug-likeness (QED) is 0.784. The second-order valence-electron chi connectivity index (χ2n) is 4.03. The number of nitrogens with one attached hydrogen (secondary N) is 1. The first-order chi connectivity index (χ1) is 8.76. The van der Waals surface area contributed by atoms with Crippen LogP contribution in [0.15, 0.2) is 24.3 Å². The van der Waals surface area contributed by atoms with Gasteiger partial charge in [-0.3, -0.25) is 0 Å². The van der Waals surface area contributed by atoms with E-state index in [1.807, 2.05) is 42.1 Å². The van der Waals surface area contributed by atoms with Gasteiger partial charge < -0.3 is 10.1 Å². The number of nitrogens with zero attached hydrogens (tertiary/aromatic N) is 1. The number of ether oxygens (including phenoxy) is 1. The Morgan fingerprint density at radius 2 is 2.11 bits per heavy atom. The first kappa shape index (κ1) is 14.9. The minimum absolute atomic E-state index is 0.100. The highest BCUT2D eigenvalue weighted by atomic mass is 32.2. The third-order valence-electron chi connectivity index (χ3n) is 2.45. The zero-order valence-corrected chi connectivity index (χ0v) is 11.8. The van der Waals surface area contributed by atoms with Crippen LogP contribution in [0, 0.1) is 11.3 Å². The zero-order valence-electron chi connectivity index (χ0n) is 11.0. The maximum absolute atomic E-state index is 8.41. The molecule has 0 saturated heterocycles. The lowest BCUT2D eigenvalue weighted by Crippen LogP contribution is -2.27. The van der Waals surface area contributed by atoms with E-state index in [2.05, 4.69) is 19.2 Å². The number of nitriles is 1. The summed E-state index contributed by atoms with van der Waals surface area (Å²) in [5.41, 5.74) is 1.23. The number of rotatable bonds is 8. The summed E-state index contributed by atoms with van der Waals surface area (Å²) in [6.45, 7) is 5.34. The van der Waals surface area contributed by atoms with Gasteiger partial charge in [-0.25, -0.2) is 0 Å². The molecule has 98 valence electrons. The van der Waals surface area contributed by atoms with E-state index >= 15 is 0 Å². The molecule has 3 nitrogen and oxygen atoms in total. The highest BCUT2D eigenvalue weighted by Gasteiger charge is 2.01. The Hall–Kier alpha value is -1.18. The minimum Gasteiger partial charge on any atom is -0.479 e. The molecular formula is C14H20N2OS. The summed E-state index contributed by atoms with van der Waals surface area (Å²) in [4.78, 5) is 0. The molecule has 0 bridgehead atoms. The van der Waals surface area contributed by atoms with Gasteiger partial charge in [0.2, 0.25) is 0 Å². The number of thioether (sulfide) groups is 1. The molecule has 0 radical (unpaired) electrons.